The summed E-state index contributed by atoms with van der Waals surface area (Å²) in [6.07, 6.45) is 0.227. The number of carbonyl (C=O) groups is 4. The highest BCUT2D eigenvalue weighted by Crippen LogP contribution is 2.38. The van der Waals surface area contributed by atoms with Crippen molar-refractivity contribution in [2.45, 2.75) is 98.4 Å². The Morgan fingerprint density at radius 3 is 2.03 bits per heavy atom. The monoisotopic (exact) mass is 529 g/mol. The van der Waals surface area contributed by atoms with Crippen LogP contribution in [-0.4, -0.2) is 70.2 Å². The van der Waals surface area contributed by atoms with E-state index in [2.05, 4.69) is 19.2 Å². The van der Waals surface area contributed by atoms with Gasteiger partial charge in [-0.15, -0.1) is 0 Å². The average molecular weight is 530 g/mol. The highest BCUT2D eigenvalue weighted by molar-refractivity contribution is 6.21. The molecule has 0 aliphatic carbocycles. The van der Waals surface area contributed by atoms with Crippen molar-refractivity contribution in [3.8, 4) is 0 Å². The Morgan fingerprint density at radius 2 is 1.53 bits per heavy atom. The SMILES string of the molecule is C[C@@H](NC(=O)OC(C)(C)C)C(CC1CC(C)(C)CN1C(=O)OC(C)(C)C)CN1C(=O)c2ccccc2C1=O. The third-order valence-electron chi connectivity index (χ3n) is 6.78. The number of carbonyl (C=O) groups excluding carboxylic acids is 4. The Bertz CT molecular complexity index is 1050. The molecule has 3 atom stereocenters. The molecule has 2 unspecified atom stereocenters. The Morgan fingerprint density at radius 1 is 1.00 bits per heavy atom. The number of rotatable bonds is 6. The molecule has 1 aromatic carbocycles. The van der Waals surface area contributed by atoms with Gasteiger partial charge in [-0.05, 0) is 84.8 Å². The molecule has 1 N–H and O–H groups in total. The van der Waals surface area contributed by atoms with Gasteiger partial charge in [0.2, 0.25) is 0 Å². The lowest BCUT2D eigenvalue weighted by atomic mass is 9.85. The molecule has 0 aromatic heterocycles. The van der Waals surface area contributed by atoms with Gasteiger partial charge < -0.3 is 19.7 Å². The summed E-state index contributed by atoms with van der Waals surface area (Å²) in [6.45, 7) is 17.5. The van der Waals surface area contributed by atoms with Crippen molar-refractivity contribution in [2.24, 2.45) is 11.3 Å². The van der Waals surface area contributed by atoms with Gasteiger partial charge in [-0.1, -0.05) is 26.0 Å². The van der Waals surface area contributed by atoms with Crippen LogP contribution in [0.4, 0.5) is 9.59 Å². The van der Waals surface area contributed by atoms with E-state index in [1.807, 2.05) is 27.7 Å². The highest BCUT2D eigenvalue weighted by atomic mass is 16.6. The third-order valence-corrected chi connectivity index (χ3v) is 6.78. The number of ether oxygens (including phenoxy) is 2. The standard InChI is InChI=1S/C29H43N3O6/c1-18(30-25(35)37-27(2,3)4)19(16-31-23(33)21-12-10-11-13-22(21)24(31)34)14-20-15-29(8,9)17-32(20)26(36)38-28(5,6)7/h10-13,18-20H,14-17H2,1-9H3,(H,30,35)/t18-,19?,20?/m1/s1. The minimum absolute atomic E-state index is 0.0996. The van der Waals surface area contributed by atoms with Crippen molar-refractivity contribution in [3.05, 3.63) is 35.4 Å². The summed E-state index contributed by atoms with van der Waals surface area (Å²) in [5, 5.41) is 2.89. The van der Waals surface area contributed by atoms with E-state index in [0.29, 0.717) is 24.1 Å². The molecule has 4 amide bonds. The molecular weight excluding hydrogens is 486 g/mol. The molecule has 3 rings (SSSR count). The van der Waals surface area contributed by atoms with Gasteiger partial charge >= 0.3 is 12.2 Å². The van der Waals surface area contributed by atoms with E-state index in [9.17, 15) is 19.2 Å². The second-order valence-corrected chi connectivity index (χ2v) is 13.3. The van der Waals surface area contributed by atoms with Gasteiger partial charge in [0.1, 0.15) is 11.2 Å². The maximum Gasteiger partial charge on any atom is 0.410 e. The van der Waals surface area contributed by atoms with Crippen molar-refractivity contribution in [1.82, 2.24) is 15.1 Å². The van der Waals surface area contributed by atoms with E-state index < -0.39 is 23.3 Å². The minimum Gasteiger partial charge on any atom is -0.444 e. The number of fused-ring (bicyclic) bond motifs is 1. The van der Waals surface area contributed by atoms with E-state index in [1.54, 1.807) is 49.9 Å². The summed E-state index contributed by atoms with van der Waals surface area (Å²) in [4.78, 5) is 55.1. The molecule has 2 heterocycles. The van der Waals surface area contributed by atoms with E-state index in [0.717, 1.165) is 6.42 Å². The fraction of sp³-hybridized carbons (Fsp3) is 0.655. The number of imide groups is 1. The fourth-order valence-corrected chi connectivity index (χ4v) is 5.18. The summed E-state index contributed by atoms with van der Waals surface area (Å²) >= 11 is 0. The molecule has 0 radical (unpaired) electrons. The van der Waals surface area contributed by atoms with Crippen molar-refractivity contribution in [3.63, 3.8) is 0 Å². The lowest BCUT2D eigenvalue weighted by molar-refractivity contribution is 0.0177. The van der Waals surface area contributed by atoms with Crippen LogP contribution in [-0.2, 0) is 9.47 Å². The molecule has 1 saturated heterocycles. The summed E-state index contributed by atoms with van der Waals surface area (Å²) in [5.41, 5.74) is -0.698. The Labute approximate surface area is 226 Å². The molecule has 2 aliphatic heterocycles. The first-order valence-electron chi connectivity index (χ1n) is 13.3. The number of nitrogens with one attached hydrogen (secondary N) is 1. The van der Waals surface area contributed by atoms with Crippen LogP contribution in [0.3, 0.4) is 0 Å². The number of hydrogen-bond acceptors (Lipinski definition) is 6. The zero-order valence-corrected chi connectivity index (χ0v) is 24.2. The summed E-state index contributed by atoms with van der Waals surface area (Å²) in [5.74, 6) is -1.04. The molecule has 1 fully saturated rings. The summed E-state index contributed by atoms with van der Waals surface area (Å²) in [7, 11) is 0. The quantitative estimate of drug-likeness (QED) is 0.506. The Balaban J connectivity index is 1.86. The minimum atomic E-state index is -0.676. The molecule has 0 saturated carbocycles. The van der Waals surface area contributed by atoms with E-state index in [-0.39, 0.29) is 41.8 Å². The Hall–Kier alpha value is -3.10. The molecule has 2 aliphatic rings. The lowest BCUT2D eigenvalue weighted by Gasteiger charge is -2.34. The second-order valence-electron chi connectivity index (χ2n) is 13.3. The predicted molar refractivity (Wildman–Crippen MR) is 144 cm³/mol. The molecule has 9 nitrogen and oxygen atoms in total. The first-order chi connectivity index (χ1) is 17.4. The van der Waals surface area contributed by atoms with Crippen molar-refractivity contribution in [1.29, 1.82) is 0 Å². The normalized spacial score (nSPS) is 20.7. The zero-order chi connectivity index (χ0) is 28.6. The Kier molecular flexibility index (Phi) is 8.20. The van der Waals surface area contributed by atoms with Crippen LogP contribution in [0, 0.1) is 11.3 Å². The van der Waals surface area contributed by atoms with Gasteiger partial charge in [0.05, 0.1) is 11.1 Å². The summed E-state index contributed by atoms with van der Waals surface area (Å²) in [6, 6.07) is 6.13. The number of alkyl carbamates (subject to hydrolysis) is 1. The fourth-order valence-electron chi connectivity index (χ4n) is 5.18. The number of benzene rings is 1. The van der Waals surface area contributed by atoms with Crippen LogP contribution in [0.15, 0.2) is 24.3 Å². The number of hydrogen-bond donors (Lipinski definition) is 1. The van der Waals surface area contributed by atoms with Crippen molar-refractivity contribution >= 4 is 24.0 Å². The van der Waals surface area contributed by atoms with Gasteiger partial charge in [-0.3, -0.25) is 14.5 Å². The van der Waals surface area contributed by atoms with E-state index in [4.69, 9.17) is 9.47 Å². The molecule has 0 bridgehead atoms. The lowest BCUT2D eigenvalue weighted by Crippen LogP contribution is -2.48. The molecule has 9 heteroatoms. The topological polar surface area (TPSA) is 105 Å². The van der Waals surface area contributed by atoms with Gasteiger partial charge in [0.15, 0.2) is 0 Å². The van der Waals surface area contributed by atoms with Crippen LogP contribution < -0.4 is 5.32 Å². The van der Waals surface area contributed by atoms with Gasteiger partial charge in [0, 0.05) is 25.2 Å². The zero-order valence-electron chi connectivity index (χ0n) is 24.2. The first kappa shape index (κ1) is 29.5. The summed E-state index contributed by atoms with van der Waals surface area (Å²) < 4.78 is 11.2. The second kappa shape index (κ2) is 10.6. The van der Waals surface area contributed by atoms with E-state index in [1.165, 1.54) is 4.90 Å². The molecule has 210 valence electrons. The maximum atomic E-state index is 13.2. The van der Waals surface area contributed by atoms with Crippen molar-refractivity contribution < 1.29 is 28.7 Å². The van der Waals surface area contributed by atoms with Crippen LogP contribution in [0.1, 0.15) is 95.9 Å². The molecule has 1 aromatic rings. The van der Waals surface area contributed by atoms with Gasteiger partial charge in [-0.25, -0.2) is 9.59 Å². The first-order valence-corrected chi connectivity index (χ1v) is 13.3. The van der Waals surface area contributed by atoms with E-state index >= 15 is 0 Å². The van der Waals surface area contributed by atoms with Crippen LogP contribution in [0.25, 0.3) is 0 Å². The van der Waals surface area contributed by atoms with Crippen LogP contribution in [0.2, 0.25) is 0 Å². The molecule has 38 heavy (non-hydrogen) atoms. The predicted octanol–water partition coefficient (Wildman–Crippen LogP) is 5.24. The van der Waals surface area contributed by atoms with Crippen LogP contribution >= 0.6 is 0 Å². The third kappa shape index (κ3) is 7.26. The van der Waals surface area contributed by atoms with Gasteiger partial charge in [0.25, 0.3) is 11.8 Å². The number of amides is 4. The van der Waals surface area contributed by atoms with Crippen LogP contribution in [0.5, 0.6) is 0 Å². The largest absolute Gasteiger partial charge is 0.444 e. The van der Waals surface area contributed by atoms with Crippen molar-refractivity contribution in [2.75, 3.05) is 13.1 Å². The molecular formula is C29H43N3O6. The molecule has 0 spiro atoms. The number of likely N-dealkylation sites (tertiary alicyclic amines) is 1. The highest BCUT2D eigenvalue weighted by Gasteiger charge is 2.44. The van der Waals surface area contributed by atoms with Gasteiger partial charge in [-0.2, -0.15) is 0 Å². The smallest absolute Gasteiger partial charge is 0.410 e. The number of nitrogens with zero attached hydrogens (tertiary/aromatic N) is 2. The average Bonchev–Trinajstić information content (AvgIpc) is 3.18. The maximum absolute atomic E-state index is 13.2.